The van der Waals surface area contributed by atoms with E-state index < -0.39 is 0 Å². The van der Waals surface area contributed by atoms with Gasteiger partial charge in [-0.2, -0.15) is 0 Å². The molecule has 110 valence electrons. The highest BCUT2D eigenvalue weighted by Crippen LogP contribution is 2.15. The number of aromatic nitrogens is 1. The summed E-state index contributed by atoms with van der Waals surface area (Å²) in [5, 5.41) is 5.63. The molecule has 0 saturated heterocycles. The molecule has 0 aliphatic rings. The summed E-state index contributed by atoms with van der Waals surface area (Å²) >= 11 is 0. The molecule has 1 unspecified atom stereocenters. The number of nitrogens with one attached hydrogen (secondary N) is 2. The summed E-state index contributed by atoms with van der Waals surface area (Å²) in [6.07, 6.45) is 4.26. The van der Waals surface area contributed by atoms with E-state index in [1.54, 1.807) is 12.4 Å². The Hall–Kier alpha value is -2.40. The number of urea groups is 1. The summed E-state index contributed by atoms with van der Waals surface area (Å²) in [5.74, 6) is 0. The Kier molecular flexibility index (Phi) is 5.29. The predicted octanol–water partition coefficient (Wildman–Crippen LogP) is 2.47. The Bertz CT molecular complexity index is 584. The second-order valence-electron chi connectivity index (χ2n) is 4.90. The first-order valence-electron chi connectivity index (χ1n) is 6.94. The first-order valence-corrected chi connectivity index (χ1v) is 6.94. The van der Waals surface area contributed by atoms with Crippen molar-refractivity contribution in [3.63, 3.8) is 0 Å². The Morgan fingerprint density at radius 1 is 1.29 bits per heavy atom. The summed E-state index contributed by atoms with van der Waals surface area (Å²) < 4.78 is 0. The topological polar surface area (TPSA) is 80.0 Å². The van der Waals surface area contributed by atoms with E-state index in [2.05, 4.69) is 15.6 Å². The molecule has 0 bridgehead atoms. The number of hydrogen-bond acceptors (Lipinski definition) is 3. The third-order valence-corrected chi connectivity index (χ3v) is 3.12. The summed E-state index contributed by atoms with van der Waals surface area (Å²) in [6.45, 7) is 2.48. The molecule has 2 rings (SSSR count). The number of anilines is 1. The number of hydrogen-bond donors (Lipinski definition) is 3. The smallest absolute Gasteiger partial charge is 0.319 e. The van der Waals surface area contributed by atoms with E-state index in [0.29, 0.717) is 6.54 Å². The average molecular weight is 284 g/mol. The molecular weight excluding hydrogens is 264 g/mol. The third kappa shape index (κ3) is 4.89. The fraction of sp³-hybridized carbons (Fsp3) is 0.250. The van der Waals surface area contributed by atoms with Crippen LogP contribution in [0.3, 0.4) is 0 Å². The zero-order valence-corrected chi connectivity index (χ0v) is 12.0. The van der Waals surface area contributed by atoms with Crippen LogP contribution in [0.5, 0.6) is 0 Å². The van der Waals surface area contributed by atoms with Crippen LogP contribution >= 0.6 is 0 Å². The van der Waals surface area contributed by atoms with Gasteiger partial charge in [0.25, 0.3) is 0 Å². The number of nitrogens with two attached hydrogens (primary N) is 1. The maximum Gasteiger partial charge on any atom is 0.319 e. The molecule has 5 nitrogen and oxygen atoms in total. The summed E-state index contributed by atoms with van der Waals surface area (Å²) in [4.78, 5) is 15.8. The van der Waals surface area contributed by atoms with E-state index in [0.717, 1.165) is 23.2 Å². The minimum Gasteiger partial charge on any atom is -0.338 e. The van der Waals surface area contributed by atoms with Crippen LogP contribution in [-0.4, -0.2) is 17.6 Å². The summed E-state index contributed by atoms with van der Waals surface area (Å²) in [7, 11) is 0. The van der Waals surface area contributed by atoms with Crippen LogP contribution in [0.4, 0.5) is 10.5 Å². The molecule has 1 heterocycles. The van der Waals surface area contributed by atoms with Crippen LogP contribution in [0.15, 0.2) is 48.8 Å². The minimum atomic E-state index is -0.217. The largest absolute Gasteiger partial charge is 0.338 e. The molecule has 1 aromatic heterocycles. The van der Waals surface area contributed by atoms with Gasteiger partial charge in [-0.1, -0.05) is 12.1 Å². The van der Waals surface area contributed by atoms with Gasteiger partial charge in [0.2, 0.25) is 0 Å². The minimum absolute atomic E-state index is 0.0542. The average Bonchev–Trinajstić information content (AvgIpc) is 2.48. The van der Waals surface area contributed by atoms with Gasteiger partial charge in [0.1, 0.15) is 0 Å². The van der Waals surface area contributed by atoms with Gasteiger partial charge >= 0.3 is 6.03 Å². The van der Waals surface area contributed by atoms with Crippen LogP contribution in [0.1, 0.15) is 24.1 Å². The van der Waals surface area contributed by atoms with Gasteiger partial charge in [0.05, 0.1) is 0 Å². The SMILES string of the molecule is CC(N)c1cccc(NC(=O)NCCc2ccncc2)c1. The van der Waals surface area contributed by atoms with Crippen molar-refractivity contribution < 1.29 is 4.79 Å². The highest BCUT2D eigenvalue weighted by molar-refractivity contribution is 5.89. The summed E-state index contributed by atoms with van der Waals surface area (Å²) in [5.41, 5.74) is 8.70. The van der Waals surface area contributed by atoms with Gasteiger partial charge in [-0.25, -0.2) is 4.79 Å². The molecule has 0 radical (unpaired) electrons. The normalized spacial score (nSPS) is 11.7. The van der Waals surface area contributed by atoms with E-state index in [-0.39, 0.29) is 12.1 Å². The zero-order chi connectivity index (χ0) is 15.1. The fourth-order valence-corrected chi connectivity index (χ4v) is 1.94. The molecule has 2 amide bonds. The fourth-order valence-electron chi connectivity index (χ4n) is 1.94. The molecule has 0 aliphatic heterocycles. The number of pyridine rings is 1. The number of carbonyl (C=O) groups excluding carboxylic acids is 1. The highest BCUT2D eigenvalue weighted by atomic mass is 16.2. The molecule has 4 N–H and O–H groups in total. The Morgan fingerprint density at radius 3 is 2.76 bits per heavy atom. The van der Waals surface area contributed by atoms with Gasteiger partial charge in [0.15, 0.2) is 0 Å². The maximum atomic E-state index is 11.8. The first-order chi connectivity index (χ1) is 10.1. The molecule has 21 heavy (non-hydrogen) atoms. The molecule has 2 aromatic rings. The summed E-state index contributed by atoms with van der Waals surface area (Å²) in [6, 6.07) is 11.1. The van der Waals surface area contributed by atoms with Crippen molar-refractivity contribution >= 4 is 11.7 Å². The Balaban J connectivity index is 1.80. The molecule has 0 fully saturated rings. The molecule has 0 saturated carbocycles. The van der Waals surface area contributed by atoms with E-state index in [9.17, 15) is 4.79 Å². The van der Waals surface area contributed by atoms with Crippen molar-refractivity contribution in [3.05, 3.63) is 59.9 Å². The maximum absolute atomic E-state index is 11.8. The van der Waals surface area contributed by atoms with Gasteiger partial charge < -0.3 is 16.4 Å². The van der Waals surface area contributed by atoms with Crippen LogP contribution in [-0.2, 0) is 6.42 Å². The lowest BCUT2D eigenvalue weighted by atomic mass is 10.1. The quantitative estimate of drug-likeness (QED) is 0.789. The Morgan fingerprint density at radius 2 is 2.05 bits per heavy atom. The lowest BCUT2D eigenvalue weighted by molar-refractivity contribution is 0.252. The van der Waals surface area contributed by atoms with E-state index in [4.69, 9.17) is 5.73 Å². The van der Waals surface area contributed by atoms with Gasteiger partial charge in [-0.3, -0.25) is 4.98 Å². The Labute approximate surface area is 124 Å². The van der Waals surface area contributed by atoms with Crippen molar-refractivity contribution in [2.45, 2.75) is 19.4 Å². The van der Waals surface area contributed by atoms with Crippen molar-refractivity contribution in [1.82, 2.24) is 10.3 Å². The zero-order valence-electron chi connectivity index (χ0n) is 12.0. The van der Waals surface area contributed by atoms with Crippen LogP contribution in [0.25, 0.3) is 0 Å². The van der Waals surface area contributed by atoms with Crippen molar-refractivity contribution in [1.29, 1.82) is 0 Å². The molecular formula is C16H20N4O. The van der Waals surface area contributed by atoms with Gasteiger partial charge in [0, 0.05) is 30.7 Å². The molecule has 0 spiro atoms. The number of carbonyl (C=O) groups is 1. The molecule has 1 aromatic carbocycles. The van der Waals surface area contributed by atoms with Crippen LogP contribution in [0.2, 0.25) is 0 Å². The number of amides is 2. The van der Waals surface area contributed by atoms with Crippen LogP contribution in [0, 0.1) is 0 Å². The number of rotatable bonds is 5. The number of nitrogens with zero attached hydrogens (tertiary/aromatic N) is 1. The second-order valence-corrected chi connectivity index (χ2v) is 4.90. The highest BCUT2D eigenvalue weighted by Gasteiger charge is 2.04. The van der Waals surface area contributed by atoms with E-state index >= 15 is 0 Å². The lowest BCUT2D eigenvalue weighted by Crippen LogP contribution is -2.30. The number of benzene rings is 1. The lowest BCUT2D eigenvalue weighted by Gasteiger charge is -2.10. The van der Waals surface area contributed by atoms with Gasteiger partial charge in [-0.15, -0.1) is 0 Å². The molecule has 0 aliphatic carbocycles. The third-order valence-electron chi connectivity index (χ3n) is 3.12. The second kappa shape index (κ2) is 7.40. The van der Waals surface area contributed by atoms with Crippen molar-refractivity contribution in [3.8, 4) is 0 Å². The van der Waals surface area contributed by atoms with Crippen LogP contribution < -0.4 is 16.4 Å². The van der Waals surface area contributed by atoms with E-state index in [1.807, 2.05) is 43.3 Å². The van der Waals surface area contributed by atoms with E-state index in [1.165, 1.54) is 0 Å². The monoisotopic (exact) mass is 284 g/mol. The van der Waals surface area contributed by atoms with Crippen molar-refractivity contribution in [2.24, 2.45) is 5.73 Å². The molecule has 5 heteroatoms. The van der Waals surface area contributed by atoms with Crippen molar-refractivity contribution in [2.75, 3.05) is 11.9 Å². The molecule has 1 atom stereocenters. The standard InChI is InChI=1S/C16H20N4O/c1-12(17)14-3-2-4-15(11-14)20-16(21)19-10-7-13-5-8-18-9-6-13/h2-6,8-9,11-12H,7,10,17H2,1H3,(H2,19,20,21). The first kappa shape index (κ1) is 15.0. The predicted molar refractivity (Wildman–Crippen MR) is 84.0 cm³/mol. The van der Waals surface area contributed by atoms with Gasteiger partial charge in [-0.05, 0) is 48.7 Å².